The number of nitriles is 1. The van der Waals surface area contributed by atoms with E-state index >= 15 is 0 Å². The van der Waals surface area contributed by atoms with E-state index in [1.54, 1.807) is 53.1 Å². The lowest BCUT2D eigenvalue weighted by molar-refractivity contribution is 0.344. The summed E-state index contributed by atoms with van der Waals surface area (Å²) in [7, 11) is 0. The Morgan fingerprint density at radius 2 is 2.07 bits per heavy atom. The predicted molar refractivity (Wildman–Crippen MR) is 109 cm³/mol. The molecule has 1 heterocycles. The molecule has 3 aromatic rings. The zero-order chi connectivity index (χ0) is 19.2. The molecule has 0 aliphatic heterocycles. The molecule has 3 rings (SSSR count). The van der Waals surface area contributed by atoms with Crippen molar-refractivity contribution in [1.82, 2.24) is 9.55 Å². The summed E-state index contributed by atoms with van der Waals surface area (Å²) in [5.41, 5.74) is 1.04. The van der Waals surface area contributed by atoms with E-state index in [0.29, 0.717) is 51.3 Å². The van der Waals surface area contributed by atoms with E-state index in [1.165, 1.54) is 11.8 Å². The molecular formula is C20H16ClN3O2S. The summed E-state index contributed by atoms with van der Waals surface area (Å²) in [4.78, 5) is 17.3. The number of halogens is 1. The molecule has 0 N–H and O–H groups in total. The number of allylic oxidation sites excluding steroid dienone is 1. The first-order chi connectivity index (χ1) is 13.1. The van der Waals surface area contributed by atoms with Crippen molar-refractivity contribution < 1.29 is 4.74 Å². The fraction of sp³-hybridized carbons (Fsp3) is 0.150. The van der Waals surface area contributed by atoms with Crippen LogP contribution in [0.1, 0.15) is 5.56 Å². The number of nitrogens with zero attached hydrogens (tertiary/aromatic N) is 3. The highest BCUT2D eigenvalue weighted by molar-refractivity contribution is 7.99. The quantitative estimate of drug-likeness (QED) is 0.257. The van der Waals surface area contributed by atoms with Gasteiger partial charge in [-0.2, -0.15) is 5.26 Å². The van der Waals surface area contributed by atoms with Gasteiger partial charge >= 0.3 is 0 Å². The normalized spacial score (nSPS) is 10.5. The van der Waals surface area contributed by atoms with Crippen LogP contribution >= 0.6 is 23.4 Å². The van der Waals surface area contributed by atoms with Crippen molar-refractivity contribution in [2.45, 2.75) is 11.7 Å². The fourth-order valence-electron chi connectivity index (χ4n) is 2.49. The molecule has 27 heavy (non-hydrogen) atoms. The average Bonchev–Trinajstić information content (AvgIpc) is 2.68. The maximum Gasteiger partial charge on any atom is 0.262 e. The second-order valence-electron chi connectivity index (χ2n) is 5.59. The van der Waals surface area contributed by atoms with E-state index in [-0.39, 0.29) is 5.56 Å². The smallest absolute Gasteiger partial charge is 0.262 e. The fourth-order valence-corrected chi connectivity index (χ4v) is 3.48. The van der Waals surface area contributed by atoms with Crippen LogP contribution in [0.2, 0.25) is 5.02 Å². The Balaban J connectivity index is 1.74. The Morgan fingerprint density at radius 3 is 2.78 bits per heavy atom. The van der Waals surface area contributed by atoms with Crippen LogP contribution in [0.25, 0.3) is 10.9 Å². The summed E-state index contributed by atoms with van der Waals surface area (Å²) < 4.78 is 7.27. The first kappa shape index (κ1) is 19.0. The number of hydrogen-bond donors (Lipinski definition) is 0. The second-order valence-corrected chi connectivity index (χ2v) is 7.09. The predicted octanol–water partition coefficient (Wildman–Crippen LogP) is 4.28. The van der Waals surface area contributed by atoms with Gasteiger partial charge in [0.2, 0.25) is 0 Å². The Kier molecular flexibility index (Phi) is 6.17. The van der Waals surface area contributed by atoms with Crippen LogP contribution < -0.4 is 10.3 Å². The van der Waals surface area contributed by atoms with Gasteiger partial charge in [0.1, 0.15) is 5.75 Å². The number of thioether (sulfide) groups is 1. The minimum absolute atomic E-state index is 0.118. The van der Waals surface area contributed by atoms with E-state index in [4.69, 9.17) is 21.6 Å². The standard InChI is InChI=1S/C20H16ClN3O2S/c1-2-9-24-19(25)17-8-5-15(21)12-18(17)23-20(24)27-11-10-26-16-6-3-14(13-22)4-7-16/h2-8,12H,1,9-11H2. The molecule has 0 aliphatic rings. The van der Waals surface area contributed by atoms with Crippen LogP contribution in [0.5, 0.6) is 5.75 Å². The lowest BCUT2D eigenvalue weighted by Gasteiger charge is -2.12. The molecule has 0 saturated heterocycles. The molecule has 0 bridgehead atoms. The van der Waals surface area contributed by atoms with E-state index in [9.17, 15) is 4.79 Å². The van der Waals surface area contributed by atoms with E-state index in [2.05, 4.69) is 17.6 Å². The van der Waals surface area contributed by atoms with Gasteiger partial charge in [-0.3, -0.25) is 9.36 Å². The third kappa shape index (κ3) is 4.51. The van der Waals surface area contributed by atoms with Crippen molar-refractivity contribution >= 4 is 34.3 Å². The highest BCUT2D eigenvalue weighted by Crippen LogP contribution is 2.21. The number of fused-ring (bicyclic) bond motifs is 1. The van der Waals surface area contributed by atoms with E-state index < -0.39 is 0 Å². The molecule has 0 spiro atoms. The van der Waals surface area contributed by atoms with Crippen LogP contribution in [0.15, 0.2) is 65.1 Å². The average molecular weight is 398 g/mol. The van der Waals surface area contributed by atoms with Crippen molar-refractivity contribution in [2.75, 3.05) is 12.4 Å². The minimum atomic E-state index is -0.118. The monoisotopic (exact) mass is 397 g/mol. The van der Waals surface area contributed by atoms with Gasteiger partial charge in [0.05, 0.1) is 29.1 Å². The van der Waals surface area contributed by atoms with Crippen LogP contribution in [0.3, 0.4) is 0 Å². The van der Waals surface area contributed by atoms with Gasteiger partial charge in [-0.05, 0) is 42.5 Å². The summed E-state index contributed by atoms with van der Waals surface area (Å²) in [6.07, 6.45) is 1.67. The molecule has 0 fully saturated rings. The molecule has 0 radical (unpaired) electrons. The number of rotatable bonds is 7. The molecule has 0 saturated carbocycles. The highest BCUT2D eigenvalue weighted by atomic mass is 35.5. The summed E-state index contributed by atoms with van der Waals surface area (Å²) >= 11 is 7.46. The van der Waals surface area contributed by atoms with Crippen molar-refractivity contribution in [1.29, 1.82) is 5.26 Å². The number of aromatic nitrogens is 2. The summed E-state index contributed by atoms with van der Waals surface area (Å²) in [6, 6.07) is 14.1. The number of hydrogen-bond acceptors (Lipinski definition) is 5. The molecule has 2 aromatic carbocycles. The lowest BCUT2D eigenvalue weighted by atomic mass is 10.2. The van der Waals surface area contributed by atoms with Crippen molar-refractivity contribution in [3.8, 4) is 11.8 Å². The molecule has 0 aliphatic carbocycles. The molecule has 7 heteroatoms. The van der Waals surface area contributed by atoms with Gasteiger partial charge < -0.3 is 4.74 Å². The van der Waals surface area contributed by atoms with Crippen LogP contribution in [-0.4, -0.2) is 21.9 Å². The molecule has 0 amide bonds. The summed E-state index contributed by atoms with van der Waals surface area (Å²) in [5.74, 6) is 1.30. The summed E-state index contributed by atoms with van der Waals surface area (Å²) in [5, 5.41) is 10.5. The molecule has 1 aromatic heterocycles. The van der Waals surface area contributed by atoms with Gasteiger partial charge in [-0.15, -0.1) is 6.58 Å². The zero-order valence-corrected chi connectivity index (χ0v) is 16.0. The molecule has 0 unspecified atom stereocenters. The topological polar surface area (TPSA) is 67.9 Å². The first-order valence-electron chi connectivity index (χ1n) is 8.19. The molecule has 0 atom stereocenters. The van der Waals surface area contributed by atoms with Crippen LogP contribution in [0, 0.1) is 11.3 Å². The summed E-state index contributed by atoms with van der Waals surface area (Å²) in [6.45, 7) is 4.53. The minimum Gasteiger partial charge on any atom is -0.493 e. The maximum atomic E-state index is 12.7. The maximum absolute atomic E-state index is 12.7. The van der Waals surface area contributed by atoms with Crippen LogP contribution in [-0.2, 0) is 6.54 Å². The SMILES string of the molecule is C=CCn1c(SCCOc2ccc(C#N)cc2)nc2cc(Cl)ccc2c1=O. The Bertz CT molecular complexity index is 1070. The first-order valence-corrected chi connectivity index (χ1v) is 9.55. The van der Waals surface area contributed by atoms with Crippen LogP contribution in [0.4, 0.5) is 0 Å². The van der Waals surface area contributed by atoms with Gasteiger partial charge in [0.25, 0.3) is 5.56 Å². The third-order valence-electron chi connectivity index (χ3n) is 3.76. The van der Waals surface area contributed by atoms with E-state index in [1.807, 2.05) is 0 Å². The van der Waals surface area contributed by atoms with Crippen molar-refractivity contribution in [3.05, 3.63) is 76.1 Å². The Hall–Kier alpha value is -2.75. The van der Waals surface area contributed by atoms with Gasteiger partial charge in [0.15, 0.2) is 5.16 Å². The highest BCUT2D eigenvalue weighted by Gasteiger charge is 2.11. The molecular weight excluding hydrogens is 382 g/mol. The number of ether oxygens (including phenoxy) is 1. The Morgan fingerprint density at radius 1 is 1.30 bits per heavy atom. The van der Waals surface area contributed by atoms with Gasteiger partial charge in [0, 0.05) is 17.3 Å². The third-order valence-corrected chi connectivity index (χ3v) is 4.94. The Labute approximate surface area is 165 Å². The molecule has 5 nitrogen and oxygen atoms in total. The van der Waals surface area contributed by atoms with Crippen molar-refractivity contribution in [2.24, 2.45) is 0 Å². The second kappa shape index (κ2) is 8.76. The van der Waals surface area contributed by atoms with Crippen molar-refractivity contribution in [3.63, 3.8) is 0 Å². The largest absolute Gasteiger partial charge is 0.493 e. The van der Waals surface area contributed by atoms with Gasteiger partial charge in [-0.25, -0.2) is 4.98 Å². The zero-order valence-electron chi connectivity index (χ0n) is 14.4. The number of benzene rings is 2. The van der Waals surface area contributed by atoms with E-state index in [0.717, 1.165) is 0 Å². The van der Waals surface area contributed by atoms with Gasteiger partial charge in [-0.1, -0.05) is 29.4 Å². The molecule has 136 valence electrons. The lowest BCUT2D eigenvalue weighted by Crippen LogP contribution is -2.23.